The van der Waals surface area contributed by atoms with Crippen LogP contribution in [-0.4, -0.2) is 26.1 Å². The van der Waals surface area contributed by atoms with E-state index in [4.69, 9.17) is 4.43 Å². The van der Waals surface area contributed by atoms with Crippen molar-refractivity contribution in [2.24, 2.45) is 23.7 Å². The van der Waals surface area contributed by atoms with Crippen molar-refractivity contribution in [1.82, 2.24) is 0 Å². The summed E-state index contributed by atoms with van der Waals surface area (Å²) >= 11 is 0. The van der Waals surface area contributed by atoms with Crippen molar-refractivity contribution in [1.29, 1.82) is 0 Å². The van der Waals surface area contributed by atoms with Crippen LogP contribution in [0.2, 0.25) is 18.1 Å². The highest BCUT2D eigenvalue weighted by molar-refractivity contribution is 6.74. The Balaban J connectivity index is 2.21. The van der Waals surface area contributed by atoms with E-state index < -0.39 is 8.32 Å². The van der Waals surface area contributed by atoms with Crippen LogP contribution in [0.3, 0.4) is 0 Å². The zero-order valence-corrected chi connectivity index (χ0v) is 15.7. The quantitative estimate of drug-likeness (QED) is 0.609. The molecule has 5 atom stereocenters. The van der Waals surface area contributed by atoms with Gasteiger partial charge in [-0.25, -0.2) is 0 Å². The molecule has 1 saturated carbocycles. The normalized spacial score (nSPS) is 37.4. The molecule has 0 heterocycles. The molecule has 2 rings (SSSR count). The molecule has 0 radical (unpaired) electrons. The topological polar surface area (TPSA) is 29.5 Å². The van der Waals surface area contributed by atoms with E-state index in [9.17, 15) is 5.11 Å². The van der Waals surface area contributed by atoms with Gasteiger partial charge in [-0.1, -0.05) is 39.8 Å². The Morgan fingerprint density at radius 3 is 2.48 bits per heavy atom. The summed E-state index contributed by atoms with van der Waals surface area (Å²) in [5, 5.41) is 10.0. The SMILES string of the molecule is C[C@H]1CC2C=CCC(CO)C2[C@@H](O[Si](C)(C)C(C)(C)C)C1. The second kappa shape index (κ2) is 6.17. The lowest BCUT2D eigenvalue weighted by Crippen LogP contribution is -2.51. The van der Waals surface area contributed by atoms with Gasteiger partial charge in [0.1, 0.15) is 0 Å². The molecule has 21 heavy (non-hydrogen) atoms. The van der Waals surface area contributed by atoms with Gasteiger partial charge < -0.3 is 9.53 Å². The monoisotopic (exact) mass is 310 g/mol. The number of hydrogen-bond acceptors (Lipinski definition) is 2. The average Bonchev–Trinajstić information content (AvgIpc) is 2.35. The molecule has 0 aromatic rings. The Kier molecular flexibility index (Phi) is 5.06. The summed E-state index contributed by atoms with van der Waals surface area (Å²) in [5.74, 6) is 2.24. The van der Waals surface area contributed by atoms with Crippen molar-refractivity contribution in [3.8, 4) is 0 Å². The van der Waals surface area contributed by atoms with Crippen molar-refractivity contribution in [3.63, 3.8) is 0 Å². The van der Waals surface area contributed by atoms with Gasteiger partial charge in [0.15, 0.2) is 8.32 Å². The van der Waals surface area contributed by atoms with E-state index in [-0.39, 0.29) is 5.04 Å². The minimum atomic E-state index is -1.75. The highest BCUT2D eigenvalue weighted by Gasteiger charge is 2.46. The number of allylic oxidation sites excluding steroid dienone is 2. The Morgan fingerprint density at radius 2 is 1.90 bits per heavy atom. The molecule has 2 aliphatic carbocycles. The molecule has 0 spiro atoms. The van der Waals surface area contributed by atoms with Crippen LogP contribution in [0.25, 0.3) is 0 Å². The van der Waals surface area contributed by atoms with Gasteiger partial charge in [0.25, 0.3) is 0 Å². The molecule has 122 valence electrons. The van der Waals surface area contributed by atoms with E-state index in [1.807, 2.05) is 0 Å². The van der Waals surface area contributed by atoms with Gasteiger partial charge in [-0.05, 0) is 61.1 Å². The third-order valence-electron chi connectivity index (χ3n) is 6.09. The third kappa shape index (κ3) is 3.62. The molecular weight excluding hydrogens is 276 g/mol. The molecule has 1 N–H and O–H groups in total. The summed E-state index contributed by atoms with van der Waals surface area (Å²) in [7, 11) is -1.75. The van der Waals surface area contributed by atoms with Crippen molar-refractivity contribution < 1.29 is 9.53 Å². The van der Waals surface area contributed by atoms with Crippen LogP contribution < -0.4 is 0 Å². The predicted molar refractivity (Wildman–Crippen MR) is 91.8 cm³/mol. The van der Waals surface area contributed by atoms with Crippen LogP contribution in [0.15, 0.2) is 12.2 Å². The van der Waals surface area contributed by atoms with E-state index in [1.54, 1.807) is 0 Å². The minimum absolute atomic E-state index is 0.252. The lowest BCUT2D eigenvalue weighted by Gasteiger charge is -2.49. The molecule has 0 amide bonds. The van der Waals surface area contributed by atoms with Crippen LogP contribution >= 0.6 is 0 Å². The highest BCUT2D eigenvalue weighted by Crippen LogP contribution is 2.47. The minimum Gasteiger partial charge on any atom is -0.414 e. The Labute approximate surface area is 132 Å². The molecule has 2 nitrogen and oxygen atoms in total. The summed E-state index contributed by atoms with van der Waals surface area (Å²) in [6.45, 7) is 14.3. The van der Waals surface area contributed by atoms with Crippen molar-refractivity contribution in [3.05, 3.63) is 12.2 Å². The molecule has 2 aliphatic rings. The fourth-order valence-corrected chi connectivity index (χ4v) is 5.23. The summed E-state index contributed by atoms with van der Waals surface area (Å²) < 4.78 is 6.81. The summed E-state index contributed by atoms with van der Waals surface area (Å²) in [4.78, 5) is 0. The highest BCUT2D eigenvalue weighted by atomic mass is 28.4. The molecule has 0 aromatic heterocycles. The summed E-state index contributed by atoms with van der Waals surface area (Å²) in [6, 6.07) is 0. The number of fused-ring (bicyclic) bond motifs is 1. The third-order valence-corrected chi connectivity index (χ3v) is 10.6. The molecule has 3 heteroatoms. The number of hydrogen-bond donors (Lipinski definition) is 1. The smallest absolute Gasteiger partial charge is 0.192 e. The maximum atomic E-state index is 9.79. The largest absolute Gasteiger partial charge is 0.414 e. The average molecular weight is 311 g/mol. The van der Waals surface area contributed by atoms with Crippen molar-refractivity contribution in [2.45, 2.75) is 71.2 Å². The number of aliphatic hydroxyl groups excluding tert-OH is 1. The lowest BCUT2D eigenvalue weighted by molar-refractivity contribution is -0.0162. The molecular formula is C18H34O2Si. The zero-order valence-electron chi connectivity index (χ0n) is 14.7. The Bertz CT molecular complexity index is 383. The van der Waals surface area contributed by atoms with E-state index in [2.05, 4.69) is 52.9 Å². The van der Waals surface area contributed by atoms with Crippen LogP contribution in [0.5, 0.6) is 0 Å². The van der Waals surface area contributed by atoms with E-state index in [0.29, 0.717) is 30.5 Å². The van der Waals surface area contributed by atoms with Gasteiger partial charge in [-0.2, -0.15) is 0 Å². The molecule has 3 unspecified atom stereocenters. The Hall–Kier alpha value is -0.123. The van der Waals surface area contributed by atoms with Gasteiger partial charge in [0.2, 0.25) is 0 Å². The van der Waals surface area contributed by atoms with Gasteiger partial charge in [-0.3, -0.25) is 0 Å². The van der Waals surface area contributed by atoms with E-state index in [0.717, 1.165) is 18.8 Å². The fourth-order valence-electron chi connectivity index (χ4n) is 3.87. The standard InChI is InChI=1S/C18H34O2Si/c1-13-10-14-8-7-9-15(12-19)17(14)16(11-13)20-21(5,6)18(2,3)4/h7-8,13-17,19H,9-12H2,1-6H3/t13-,14?,15?,16-,17?/m0/s1. The first-order valence-corrected chi connectivity index (χ1v) is 11.5. The predicted octanol–water partition coefficient (Wildman–Crippen LogP) is 4.61. The zero-order chi connectivity index (χ0) is 15.8. The van der Waals surface area contributed by atoms with Crippen LogP contribution in [-0.2, 0) is 4.43 Å². The second-order valence-corrected chi connectivity index (χ2v) is 13.6. The van der Waals surface area contributed by atoms with Crippen molar-refractivity contribution >= 4 is 8.32 Å². The van der Waals surface area contributed by atoms with E-state index >= 15 is 0 Å². The molecule has 0 aliphatic heterocycles. The Morgan fingerprint density at radius 1 is 1.24 bits per heavy atom. The molecule has 0 bridgehead atoms. The van der Waals surface area contributed by atoms with Gasteiger partial charge >= 0.3 is 0 Å². The van der Waals surface area contributed by atoms with Crippen LogP contribution in [0.4, 0.5) is 0 Å². The first kappa shape index (κ1) is 17.2. The van der Waals surface area contributed by atoms with Gasteiger partial charge in [0, 0.05) is 12.7 Å². The fraction of sp³-hybridized carbons (Fsp3) is 0.889. The number of aliphatic hydroxyl groups is 1. The van der Waals surface area contributed by atoms with Crippen LogP contribution in [0, 0.1) is 23.7 Å². The molecule has 0 aromatic carbocycles. The number of rotatable bonds is 3. The first-order chi connectivity index (χ1) is 9.65. The van der Waals surface area contributed by atoms with Crippen molar-refractivity contribution in [2.75, 3.05) is 6.61 Å². The summed E-state index contributed by atoms with van der Waals surface area (Å²) in [6.07, 6.45) is 8.45. The maximum absolute atomic E-state index is 9.79. The maximum Gasteiger partial charge on any atom is 0.192 e. The second-order valence-electron chi connectivity index (χ2n) is 8.84. The summed E-state index contributed by atoms with van der Waals surface area (Å²) in [5.41, 5.74) is 0. The van der Waals surface area contributed by atoms with E-state index in [1.165, 1.54) is 6.42 Å². The van der Waals surface area contributed by atoms with Crippen LogP contribution in [0.1, 0.15) is 47.0 Å². The van der Waals surface area contributed by atoms with Gasteiger partial charge in [-0.15, -0.1) is 0 Å². The van der Waals surface area contributed by atoms with Gasteiger partial charge in [0.05, 0.1) is 0 Å². The lowest BCUT2D eigenvalue weighted by atomic mass is 9.65. The molecule has 1 fully saturated rings. The first-order valence-electron chi connectivity index (χ1n) is 8.61. The molecule has 0 saturated heterocycles.